The number of ether oxygens (including phenoxy) is 1. The average Bonchev–Trinajstić information content (AvgIpc) is 3.42. The first-order valence-electron chi connectivity index (χ1n) is 11.3. The zero-order valence-corrected chi connectivity index (χ0v) is 17.8. The van der Waals surface area contributed by atoms with Crippen LogP contribution in [0.1, 0.15) is 38.5 Å². The highest BCUT2D eigenvalue weighted by Gasteiger charge is 2.49. The molecule has 2 bridgehead atoms. The van der Waals surface area contributed by atoms with Crippen molar-refractivity contribution in [3.05, 3.63) is 30.7 Å². The van der Waals surface area contributed by atoms with E-state index in [2.05, 4.69) is 9.55 Å². The molecule has 5 rings (SSSR count). The first-order valence-corrected chi connectivity index (χ1v) is 11.3. The van der Waals surface area contributed by atoms with Gasteiger partial charge in [0, 0.05) is 49.4 Å². The van der Waals surface area contributed by atoms with Crippen LogP contribution in [-0.4, -0.2) is 80.3 Å². The molecular weight excluding hydrogens is 396 g/mol. The first-order chi connectivity index (χ1) is 15.0. The van der Waals surface area contributed by atoms with Crippen molar-refractivity contribution in [3.63, 3.8) is 0 Å². The molecule has 2 aromatic rings. The zero-order valence-electron chi connectivity index (χ0n) is 17.8. The van der Waals surface area contributed by atoms with Gasteiger partial charge in [0.1, 0.15) is 6.61 Å². The summed E-state index contributed by atoms with van der Waals surface area (Å²) < 4.78 is 7.68. The number of amides is 2. The molecule has 0 saturated carbocycles. The summed E-state index contributed by atoms with van der Waals surface area (Å²) in [5.74, 6) is 0.174. The second kappa shape index (κ2) is 8.24. The Balaban J connectivity index is 1.16. The fraction of sp³-hybridized carbons (Fsp3) is 0.609. The standard InChI is InChI=1S/C23H30N4O4/c28-21-2-1-8-25(21)10-11-31-15-22(29)27-18-3-4-19(27)13-23(30,12-18)16-26-9-6-17-5-7-24-14-20(17)26/h5-7,9,14,18-19,30H,1-4,8,10-13,15-16H2. The molecule has 2 unspecified atom stereocenters. The van der Waals surface area contributed by atoms with Crippen LogP contribution in [-0.2, 0) is 20.9 Å². The minimum atomic E-state index is -0.832. The van der Waals surface area contributed by atoms with Gasteiger partial charge in [-0.3, -0.25) is 14.6 Å². The van der Waals surface area contributed by atoms with Gasteiger partial charge in [-0.1, -0.05) is 0 Å². The lowest BCUT2D eigenvalue weighted by Crippen LogP contribution is -2.55. The van der Waals surface area contributed by atoms with E-state index >= 15 is 0 Å². The first kappa shape index (κ1) is 20.5. The Labute approximate surface area is 181 Å². The predicted octanol–water partition coefficient (Wildman–Crippen LogP) is 1.56. The lowest BCUT2D eigenvalue weighted by molar-refractivity contribution is -0.147. The van der Waals surface area contributed by atoms with Gasteiger partial charge >= 0.3 is 0 Å². The molecule has 1 N–H and O–H groups in total. The maximum Gasteiger partial charge on any atom is 0.249 e. The number of aromatic nitrogens is 2. The maximum absolute atomic E-state index is 12.8. The van der Waals surface area contributed by atoms with Gasteiger partial charge in [-0.2, -0.15) is 0 Å². The number of fused-ring (bicyclic) bond motifs is 3. The lowest BCUT2D eigenvalue weighted by atomic mass is 9.85. The Kier molecular flexibility index (Phi) is 5.44. The molecule has 8 nitrogen and oxygen atoms in total. The van der Waals surface area contributed by atoms with Gasteiger partial charge in [0.25, 0.3) is 0 Å². The maximum atomic E-state index is 12.8. The van der Waals surface area contributed by atoms with E-state index in [0.717, 1.165) is 36.7 Å². The van der Waals surface area contributed by atoms with Crippen molar-refractivity contribution in [2.75, 3.05) is 26.3 Å². The average molecular weight is 427 g/mol. The van der Waals surface area contributed by atoms with Crippen LogP contribution < -0.4 is 0 Å². The van der Waals surface area contributed by atoms with Crippen LogP contribution in [0.5, 0.6) is 0 Å². The largest absolute Gasteiger partial charge is 0.388 e. The van der Waals surface area contributed by atoms with Crippen molar-refractivity contribution >= 4 is 22.7 Å². The minimum Gasteiger partial charge on any atom is -0.388 e. The summed E-state index contributed by atoms with van der Waals surface area (Å²) in [6, 6.07) is 4.13. The Bertz CT molecular complexity index is 959. The van der Waals surface area contributed by atoms with Gasteiger partial charge < -0.3 is 24.2 Å². The molecule has 3 saturated heterocycles. The van der Waals surface area contributed by atoms with Gasteiger partial charge in [-0.05, 0) is 44.2 Å². The number of piperidine rings is 1. The van der Waals surface area contributed by atoms with E-state index in [4.69, 9.17) is 4.74 Å². The number of carbonyl (C=O) groups is 2. The molecule has 0 aliphatic carbocycles. The minimum absolute atomic E-state index is 0.00193. The Morgan fingerprint density at radius 1 is 1.26 bits per heavy atom. The molecule has 166 valence electrons. The van der Waals surface area contributed by atoms with Crippen molar-refractivity contribution < 1.29 is 19.4 Å². The van der Waals surface area contributed by atoms with E-state index in [1.165, 1.54) is 0 Å². The number of aliphatic hydroxyl groups is 1. The Morgan fingerprint density at radius 3 is 2.81 bits per heavy atom. The number of carbonyl (C=O) groups excluding carboxylic acids is 2. The topological polar surface area (TPSA) is 87.9 Å². The number of likely N-dealkylation sites (tertiary alicyclic amines) is 1. The quantitative estimate of drug-likeness (QED) is 0.679. The summed E-state index contributed by atoms with van der Waals surface area (Å²) in [5.41, 5.74) is 0.188. The molecule has 31 heavy (non-hydrogen) atoms. The lowest BCUT2D eigenvalue weighted by Gasteiger charge is -2.44. The third kappa shape index (κ3) is 4.06. The van der Waals surface area contributed by atoms with E-state index in [9.17, 15) is 14.7 Å². The number of nitrogens with zero attached hydrogens (tertiary/aromatic N) is 4. The van der Waals surface area contributed by atoms with E-state index in [-0.39, 0.29) is 30.5 Å². The van der Waals surface area contributed by atoms with Crippen molar-refractivity contribution in [2.24, 2.45) is 0 Å². The van der Waals surface area contributed by atoms with E-state index in [0.29, 0.717) is 39.0 Å². The second-order valence-corrected chi connectivity index (χ2v) is 9.23. The fourth-order valence-electron chi connectivity index (χ4n) is 5.69. The summed E-state index contributed by atoms with van der Waals surface area (Å²) in [5, 5.41) is 12.5. The van der Waals surface area contributed by atoms with Crippen LogP contribution in [0.4, 0.5) is 0 Å². The number of pyridine rings is 1. The SMILES string of the molecule is O=C1CCCN1CCOCC(=O)N1C2CCC1CC(O)(Cn1ccc3ccncc31)C2. The summed E-state index contributed by atoms with van der Waals surface area (Å²) in [6.45, 7) is 2.29. The predicted molar refractivity (Wildman–Crippen MR) is 114 cm³/mol. The molecule has 8 heteroatoms. The smallest absolute Gasteiger partial charge is 0.249 e. The molecule has 3 aliphatic heterocycles. The molecular formula is C23H30N4O4. The number of hydrogen-bond donors (Lipinski definition) is 1. The third-order valence-corrected chi connectivity index (χ3v) is 7.08. The van der Waals surface area contributed by atoms with Gasteiger partial charge in [-0.15, -0.1) is 0 Å². The third-order valence-electron chi connectivity index (χ3n) is 7.08. The van der Waals surface area contributed by atoms with Crippen LogP contribution >= 0.6 is 0 Å². The Morgan fingerprint density at radius 2 is 2.06 bits per heavy atom. The summed E-state index contributed by atoms with van der Waals surface area (Å²) in [6.07, 6.45) is 10.2. The van der Waals surface area contributed by atoms with E-state index < -0.39 is 5.60 Å². The van der Waals surface area contributed by atoms with Crippen LogP contribution in [0, 0.1) is 0 Å². The van der Waals surface area contributed by atoms with Crippen molar-refractivity contribution in [1.29, 1.82) is 0 Å². The second-order valence-electron chi connectivity index (χ2n) is 9.23. The summed E-state index contributed by atoms with van der Waals surface area (Å²) in [7, 11) is 0. The normalized spacial score (nSPS) is 28.1. The van der Waals surface area contributed by atoms with Crippen LogP contribution in [0.15, 0.2) is 30.7 Å². The van der Waals surface area contributed by atoms with Crippen LogP contribution in [0.25, 0.3) is 10.9 Å². The molecule has 5 heterocycles. The van der Waals surface area contributed by atoms with Crippen LogP contribution in [0.2, 0.25) is 0 Å². The van der Waals surface area contributed by atoms with Gasteiger partial charge in [0.05, 0.1) is 30.5 Å². The molecule has 2 aromatic heterocycles. The molecule has 0 radical (unpaired) electrons. The van der Waals surface area contributed by atoms with Crippen molar-refractivity contribution in [2.45, 2.75) is 62.8 Å². The number of rotatable bonds is 7. The molecule has 3 aliphatic rings. The van der Waals surface area contributed by atoms with Gasteiger partial charge in [0.2, 0.25) is 11.8 Å². The molecule has 2 atom stereocenters. The molecule has 3 fully saturated rings. The van der Waals surface area contributed by atoms with Crippen molar-refractivity contribution in [1.82, 2.24) is 19.4 Å². The van der Waals surface area contributed by atoms with Gasteiger partial charge in [-0.25, -0.2) is 0 Å². The summed E-state index contributed by atoms with van der Waals surface area (Å²) in [4.78, 5) is 32.5. The molecule has 2 amide bonds. The molecule has 0 aromatic carbocycles. The van der Waals surface area contributed by atoms with E-state index in [1.54, 1.807) is 11.1 Å². The highest BCUT2D eigenvalue weighted by Crippen LogP contribution is 2.42. The highest BCUT2D eigenvalue weighted by molar-refractivity contribution is 5.80. The van der Waals surface area contributed by atoms with E-state index in [1.807, 2.05) is 29.4 Å². The monoisotopic (exact) mass is 426 g/mol. The number of hydrogen-bond acceptors (Lipinski definition) is 5. The Hall–Kier alpha value is -2.45. The zero-order chi connectivity index (χ0) is 21.4. The summed E-state index contributed by atoms with van der Waals surface area (Å²) >= 11 is 0. The van der Waals surface area contributed by atoms with Crippen molar-refractivity contribution in [3.8, 4) is 0 Å². The highest BCUT2D eigenvalue weighted by atomic mass is 16.5. The van der Waals surface area contributed by atoms with Crippen LogP contribution in [0.3, 0.4) is 0 Å². The van der Waals surface area contributed by atoms with Gasteiger partial charge in [0.15, 0.2) is 0 Å². The molecule has 0 spiro atoms. The fourth-order valence-corrected chi connectivity index (χ4v) is 5.69.